The molecule has 76 valence electrons. The van der Waals surface area contributed by atoms with Gasteiger partial charge in [0.1, 0.15) is 0 Å². The number of hydrogen-bond donors (Lipinski definition) is 1. The first-order valence-corrected chi connectivity index (χ1v) is 4.71. The van der Waals surface area contributed by atoms with E-state index in [9.17, 15) is 5.11 Å². The Morgan fingerprint density at radius 2 is 1.93 bits per heavy atom. The molecule has 0 aliphatic heterocycles. The third-order valence-electron chi connectivity index (χ3n) is 2.18. The summed E-state index contributed by atoms with van der Waals surface area (Å²) in [6.07, 6.45) is 1.90. The highest BCUT2D eigenvalue weighted by Crippen LogP contribution is 2.20. The lowest BCUT2D eigenvalue weighted by Crippen LogP contribution is -2.08. The van der Waals surface area contributed by atoms with Crippen molar-refractivity contribution in [1.82, 2.24) is 0 Å². The number of aliphatic hydroxyl groups excluding tert-OH is 1. The van der Waals surface area contributed by atoms with Gasteiger partial charge in [-0.3, -0.25) is 0 Å². The summed E-state index contributed by atoms with van der Waals surface area (Å²) in [5.41, 5.74) is 2.08. The van der Waals surface area contributed by atoms with Gasteiger partial charge in [0.15, 0.2) is 0 Å². The zero-order valence-corrected chi connectivity index (χ0v) is 8.77. The van der Waals surface area contributed by atoms with Crippen LogP contribution in [0.4, 0.5) is 5.69 Å². The SMILES string of the molecule is C=CC[C@H](O)c1ccc(N(C)C)cc1. The molecule has 1 aromatic rings. The Balaban J connectivity index is 2.77. The van der Waals surface area contributed by atoms with Crippen molar-refractivity contribution in [3.05, 3.63) is 42.5 Å². The van der Waals surface area contributed by atoms with Crippen LogP contribution in [0, 0.1) is 0 Å². The molecule has 0 amide bonds. The lowest BCUT2D eigenvalue weighted by atomic mass is 10.1. The molecule has 0 bridgehead atoms. The van der Waals surface area contributed by atoms with Gasteiger partial charge in [0, 0.05) is 19.8 Å². The van der Waals surface area contributed by atoms with Gasteiger partial charge in [-0.05, 0) is 24.1 Å². The molecule has 0 saturated carbocycles. The summed E-state index contributed by atoms with van der Waals surface area (Å²) < 4.78 is 0. The molecule has 0 aliphatic carbocycles. The second kappa shape index (κ2) is 4.82. The van der Waals surface area contributed by atoms with Gasteiger partial charge in [0.2, 0.25) is 0 Å². The van der Waals surface area contributed by atoms with Crippen molar-refractivity contribution < 1.29 is 5.11 Å². The molecule has 0 saturated heterocycles. The topological polar surface area (TPSA) is 23.5 Å². The van der Waals surface area contributed by atoms with Crippen LogP contribution in [0.25, 0.3) is 0 Å². The Morgan fingerprint density at radius 3 is 2.36 bits per heavy atom. The van der Waals surface area contributed by atoms with E-state index < -0.39 is 6.10 Å². The van der Waals surface area contributed by atoms with Gasteiger partial charge in [-0.25, -0.2) is 0 Å². The van der Waals surface area contributed by atoms with E-state index in [2.05, 4.69) is 6.58 Å². The van der Waals surface area contributed by atoms with E-state index in [1.54, 1.807) is 6.08 Å². The van der Waals surface area contributed by atoms with Crippen LogP contribution in [0.2, 0.25) is 0 Å². The Kier molecular flexibility index (Phi) is 3.72. The largest absolute Gasteiger partial charge is 0.388 e. The van der Waals surface area contributed by atoms with Crippen molar-refractivity contribution in [3.8, 4) is 0 Å². The molecule has 1 atom stereocenters. The molecule has 0 unspecified atom stereocenters. The zero-order chi connectivity index (χ0) is 10.6. The van der Waals surface area contributed by atoms with Gasteiger partial charge in [-0.2, -0.15) is 0 Å². The van der Waals surface area contributed by atoms with Crippen molar-refractivity contribution in [3.63, 3.8) is 0 Å². The summed E-state index contributed by atoms with van der Waals surface area (Å²) in [6, 6.07) is 7.90. The Hall–Kier alpha value is -1.28. The van der Waals surface area contributed by atoms with E-state index in [1.165, 1.54) is 0 Å². The quantitative estimate of drug-likeness (QED) is 0.738. The summed E-state index contributed by atoms with van der Waals surface area (Å²) in [5.74, 6) is 0. The molecule has 0 fully saturated rings. The van der Waals surface area contributed by atoms with Gasteiger partial charge >= 0.3 is 0 Å². The predicted octanol–water partition coefficient (Wildman–Crippen LogP) is 2.36. The van der Waals surface area contributed by atoms with Crippen molar-refractivity contribution in [2.45, 2.75) is 12.5 Å². The molecule has 0 aromatic heterocycles. The molecule has 1 aromatic carbocycles. The molecule has 0 heterocycles. The minimum Gasteiger partial charge on any atom is -0.388 e. The maximum atomic E-state index is 9.67. The van der Waals surface area contributed by atoms with E-state index in [-0.39, 0.29) is 0 Å². The molecule has 0 aliphatic rings. The van der Waals surface area contributed by atoms with Gasteiger partial charge in [-0.15, -0.1) is 6.58 Å². The Bertz CT molecular complexity index is 290. The summed E-state index contributed by atoms with van der Waals surface area (Å²) in [6.45, 7) is 3.60. The van der Waals surface area contributed by atoms with Crippen molar-refractivity contribution in [1.29, 1.82) is 0 Å². The lowest BCUT2D eigenvalue weighted by molar-refractivity contribution is 0.181. The summed E-state index contributed by atoms with van der Waals surface area (Å²) in [5, 5.41) is 9.67. The highest BCUT2D eigenvalue weighted by atomic mass is 16.3. The monoisotopic (exact) mass is 191 g/mol. The molecule has 1 rings (SSSR count). The average molecular weight is 191 g/mol. The second-order valence-corrected chi connectivity index (χ2v) is 3.53. The maximum Gasteiger partial charge on any atom is 0.0824 e. The highest BCUT2D eigenvalue weighted by molar-refractivity contribution is 5.46. The maximum absolute atomic E-state index is 9.67. The molecule has 2 heteroatoms. The molecule has 2 nitrogen and oxygen atoms in total. The molecule has 0 radical (unpaired) electrons. The van der Waals surface area contributed by atoms with Crippen molar-refractivity contribution >= 4 is 5.69 Å². The lowest BCUT2D eigenvalue weighted by Gasteiger charge is -2.14. The van der Waals surface area contributed by atoms with Crippen LogP contribution in [0.1, 0.15) is 18.1 Å². The Labute approximate surface area is 85.5 Å². The van der Waals surface area contributed by atoms with Crippen LogP contribution in [0.5, 0.6) is 0 Å². The zero-order valence-electron chi connectivity index (χ0n) is 8.77. The van der Waals surface area contributed by atoms with Crippen molar-refractivity contribution in [2.24, 2.45) is 0 Å². The number of nitrogens with zero attached hydrogens (tertiary/aromatic N) is 1. The molecule has 1 N–H and O–H groups in total. The van der Waals surface area contributed by atoms with Crippen molar-refractivity contribution in [2.75, 3.05) is 19.0 Å². The van der Waals surface area contributed by atoms with Crippen LogP contribution in [0.3, 0.4) is 0 Å². The minimum atomic E-state index is -0.427. The van der Waals surface area contributed by atoms with Crippen LogP contribution in [-0.4, -0.2) is 19.2 Å². The number of hydrogen-bond acceptors (Lipinski definition) is 2. The third-order valence-corrected chi connectivity index (χ3v) is 2.18. The average Bonchev–Trinajstić information content (AvgIpc) is 2.18. The number of aliphatic hydroxyl groups is 1. The first-order valence-electron chi connectivity index (χ1n) is 4.71. The van der Waals surface area contributed by atoms with Gasteiger partial charge in [-0.1, -0.05) is 18.2 Å². The number of anilines is 1. The first-order chi connectivity index (χ1) is 6.65. The van der Waals surface area contributed by atoms with E-state index in [0.29, 0.717) is 6.42 Å². The Morgan fingerprint density at radius 1 is 1.36 bits per heavy atom. The minimum absolute atomic E-state index is 0.427. The molecule has 0 spiro atoms. The molecule has 14 heavy (non-hydrogen) atoms. The van der Waals surface area contributed by atoms with Gasteiger partial charge in [0.25, 0.3) is 0 Å². The molecular weight excluding hydrogens is 174 g/mol. The fraction of sp³-hybridized carbons (Fsp3) is 0.333. The van der Waals surface area contributed by atoms with E-state index in [1.807, 2.05) is 43.3 Å². The third kappa shape index (κ3) is 2.60. The standard InChI is InChI=1S/C12H17NO/c1-4-5-12(14)10-6-8-11(9-7-10)13(2)3/h4,6-9,12,14H,1,5H2,2-3H3/t12-/m0/s1. The van der Waals surface area contributed by atoms with Crippen LogP contribution in [-0.2, 0) is 0 Å². The molecular formula is C12H17NO. The smallest absolute Gasteiger partial charge is 0.0824 e. The van der Waals surface area contributed by atoms with E-state index in [4.69, 9.17) is 0 Å². The van der Waals surface area contributed by atoms with Crippen LogP contribution < -0.4 is 4.90 Å². The van der Waals surface area contributed by atoms with E-state index in [0.717, 1.165) is 11.3 Å². The summed E-state index contributed by atoms with van der Waals surface area (Å²) in [7, 11) is 3.99. The van der Waals surface area contributed by atoms with Gasteiger partial charge in [0.05, 0.1) is 6.10 Å². The van der Waals surface area contributed by atoms with Gasteiger partial charge < -0.3 is 10.0 Å². The number of rotatable bonds is 4. The van der Waals surface area contributed by atoms with E-state index >= 15 is 0 Å². The summed E-state index contributed by atoms with van der Waals surface area (Å²) in [4.78, 5) is 2.03. The second-order valence-electron chi connectivity index (χ2n) is 3.53. The highest BCUT2D eigenvalue weighted by Gasteiger charge is 2.04. The first kappa shape index (κ1) is 10.8. The summed E-state index contributed by atoms with van der Waals surface area (Å²) >= 11 is 0. The van der Waals surface area contributed by atoms with Crippen LogP contribution >= 0.6 is 0 Å². The predicted molar refractivity (Wildman–Crippen MR) is 60.5 cm³/mol. The fourth-order valence-corrected chi connectivity index (χ4v) is 1.29. The normalized spacial score (nSPS) is 12.2. The van der Waals surface area contributed by atoms with Crippen LogP contribution in [0.15, 0.2) is 36.9 Å². The fourth-order valence-electron chi connectivity index (χ4n) is 1.29. The number of benzene rings is 1.